The van der Waals surface area contributed by atoms with Crippen LogP contribution >= 0.6 is 0 Å². The largest absolute Gasteiger partial charge is 0.313 e. The molecule has 3 nitrogen and oxygen atoms in total. The Hall–Kier alpha value is -0.120. The Balaban J connectivity index is 1.78. The number of nitrogens with one attached hydrogen (secondary N) is 1. The summed E-state index contributed by atoms with van der Waals surface area (Å²) >= 11 is 0. The maximum Gasteiger partial charge on any atom is 0.0223 e. The molecule has 0 aromatic heterocycles. The number of likely N-dealkylation sites (N-methyl/N-ethyl adjacent to an activating group) is 1. The lowest BCUT2D eigenvalue weighted by Crippen LogP contribution is -2.54. The molecule has 0 amide bonds. The molecule has 2 atom stereocenters. The lowest BCUT2D eigenvalue weighted by atomic mass is 9.83. The predicted molar refractivity (Wildman–Crippen MR) is 91.8 cm³/mol. The smallest absolute Gasteiger partial charge is 0.0223 e. The highest BCUT2D eigenvalue weighted by Gasteiger charge is 2.27. The van der Waals surface area contributed by atoms with Crippen LogP contribution in [-0.2, 0) is 0 Å². The Kier molecular flexibility index (Phi) is 7.48. The van der Waals surface area contributed by atoms with Crippen molar-refractivity contribution in [2.45, 2.75) is 71.4 Å². The quantitative estimate of drug-likeness (QED) is 0.779. The molecule has 2 unspecified atom stereocenters. The van der Waals surface area contributed by atoms with E-state index in [0.29, 0.717) is 0 Å². The summed E-state index contributed by atoms with van der Waals surface area (Å²) in [6, 6.07) is 1.49. The molecule has 0 radical (unpaired) electrons. The monoisotopic (exact) mass is 295 g/mol. The highest BCUT2D eigenvalue weighted by atomic mass is 15.3. The first kappa shape index (κ1) is 17.2. The predicted octanol–water partition coefficient (Wildman–Crippen LogP) is 2.96. The van der Waals surface area contributed by atoms with Gasteiger partial charge in [-0.25, -0.2) is 0 Å². The third-order valence-corrected chi connectivity index (χ3v) is 5.76. The van der Waals surface area contributed by atoms with Gasteiger partial charge >= 0.3 is 0 Å². The van der Waals surface area contributed by atoms with Crippen molar-refractivity contribution in [3.8, 4) is 0 Å². The second-order valence-corrected chi connectivity index (χ2v) is 7.16. The van der Waals surface area contributed by atoms with E-state index >= 15 is 0 Å². The molecule has 1 N–H and O–H groups in total. The van der Waals surface area contributed by atoms with E-state index in [4.69, 9.17) is 0 Å². The number of hydrogen-bond donors (Lipinski definition) is 1. The van der Waals surface area contributed by atoms with E-state index in [1.807, 2.05) is 0 Å². The van der Waals surface area contributed by atoms with Crippen LogP contribution in [0.4, 0.5) is 0 Å². The fourth-order valence-electron chi connectivity index (χ4n) is 4.10. The summed E-state index contributed by atoms with van der Waals surface area (Å²) in [6.07, 6.45) is 8.54. The molecule has 1 saturated carbocycles. The van der Waals surface area contributed by atoms with Gasteiger partial charge in [0.2, 0.25) is 0 Å². The fourth-order valence-corrected chi connectivity index (χ4v) is 4.10. The van der Waals surface area contributed by atoms with E-state index in [1.54, 1.807) is 0 Å². The standard InChI is InChI=1S/C18H37N3/c1-4-16(3)21-13-11-20(12-14-21)15-18(19-5-2)17-9-7-6-8-10-17/h16-19H,4-15H2,1-3H3. The van der Waals surface area contributed by atoms with Gasteiger partial charge in [0, 0.05) is 44.8 Å². The third-order valence-electron chi connectivity index (χ3n) is 5.76. The summed E-state index contributed by atoms with van der Waals surface area (Å²) in [5.74, 6) is 0.922. The first-order chi connectivity index (χ1) is 10.2. The fraction of sp³-hybridized carbons (Fsp3) is 1.00. The molecule has 0 aromatic rings. The Morgan fingerprint density at radius 1 is 1.00 bits per heavy atom. The van der Waals surface area contributed by atoms with Crippen molar-refractivity contribution < 1.29 is 0 Å². The molecule has 1 aliphatic heterocycles. The Labute approximate surface area is 132 Å². The first-order valence-corrected chi connectivity index (χ1v) is 9.44. The van der Waals surface area contributed by atoms with Gasteiger partial charge in [-0.2, -0.15) is 0 Å². The summed E-state index contributed by atoms with van der Waals surface area (Å²) in [5, 5.41) is 3.79. The number of piperazine rings is 1. The minimum absolute atomic E-state index is 0.727. The van der Waals surface area contributed by atoms with Gasteiger partial charge in [-0.1, -0.05) is 33.1 Å². The zero-order valence-electron chi connectivity index (χ0n) is 14.6. The van der Waals surface area contributed by atoms with Gasteiger partial charge < -0.3 is 5.32 Å². The SMILES string of the molecule is CCNC(CN1CCN(C(C)CC)CC1)C1CCCCC1. The molecule has 124 valence electrons. The Morgan fingerprint density at radius 3 is 2.24 bits per heavy atom. The van der Waals surface area contributed by atoms with Gasteiger partial charge in [-0.3, -0.25) is 9.80 Å². The number of rotatable bonds is 7. The zero-order valence-corrected chi connectivity index (χ0v) is 14.6. The topological polar surface area (TPSA) is 18.5 Å². The Bertz CT molecular complexity index is 268. The third kappa shape index (κ3) is 5.22. The molecular weight excluding hydrogens is 258 g/mol. The molecule has 2 rings (SSSR count). The molecule has 2 aliphatic rings. The van der Waals surface area contributed by atoms with E-state index in [9.17, 15) is 0 Å². The van der Waals surface area contributed by atoms with E-state index in [1.165, 1.54) is 71.2 Å². The Morgan fingerprint density at radius 2 is 1.67 bits per heavy atom. The van der Waals surface area contributed by atoms with Crippen molar-refractivity contribution >= 4 is 0 Å². The van der Waals surface area contributed by atoms with Crippen molar-refractivity contribution in [1.82, 2.24) is 15.1 Å². The molecule has 1 saturated heterocycles. The van der Waals surface area contributed by atoms with Crippen LogP contribution in [0.2, 0.25) is 0 Å². The lowest BCUT2D eigenvalue weighted by Gasteiger charge is -2.41. The van der Waals surface area contributed by atoms with Gasteiger partial charge in [-0.05, 0) is 38.6 Å². The van der Waals surface area contributed by atoms with Crippen molar-refractivity contribution in [3.63, 3.8) is 0 Å². The normalized spacial score (nSPS) is 25.9. The van der Waals surface area contributed by atoms with Crippen LogP contribution < -0.4 is 5.32 Å². The van der Waals surface area contributed by atoms with Crippen molar-refractivity contribution in [2.24, 2.45) is 5.92 Å². The molecule has 0 aromatic carbocycles. The molecule has 1 aliphatic carbocycles. The average Bonchev–Trinajstić information content (AvgIpc) is 2.55. The number of hydrogen-bond acceptors (Lipinski definition) is 3. The van der Waals surface area contributed by atoms with Gasteiger partial charge in [0.25, 0.3) is 0 Å². The summed E-state index contributed by atoms with van der Waals surface area (Å²) < 4.78 is 0. The van der Waals surface area contributed by atoms with E-state index in [-0.39, 0.29) is 0 Å². The summed E-state index contributed by atoms with van der Waals surface area (Å²) in [5.41, 5.74) is 0. The van der Waals surface area contributed by atoms with Crippen LogP contribution in [-0.4, -0.2) is 61.2 Å². The highest BCUT2D eigenvalue weighted by Crippen LogP contribution is 2.27. The lowest BCUT2D eigenvalue weighted by molar-refractivity contribution is 0.0846. The molecule has 21 heavy (non-hydrogen) atoms. The van der Waals surface area contributed by atoms with Crippen molar-refractivity contribution in [2.75, 3.05) is 39.3 Å². The van der Waals surface area contributed by atoms with Crippen LogP contribution in [0.15, 0.2) is 0 Å². The van der Waals surface area contributed by atoms with Crippen LogP contribution in [0.25, 0.3) is 0 Å². The van der Waals surface area contributed by atoms with Crippen molar-refractivity contribution in [3.05, 3.63) is 0 Å². The maximum atomic E-state index is 3.79. The molecule has 1 heterocycles. The molecule has 0 bridgehead atoms. The zero-order chi connectivity index (χ0) is 15.1. The van der Waals surface area contributed by atoms with E-state index in [0.717, 1.165) is 24.5 Å². The molecule has 2 fully saturated rings. The summed E-state index contributed by atoms with van der Waals surface area (Å²) in [4.78, 5) is 5.38. The van der Waals surface area contributed by atoms with Gasteiger partial charge in [-0.15, -0.1) is 0 Å². The van der Waals surface area contributed by atoms with Crippen LogP contribution in [0, 0.1) is 5.92 Å². The minimum atomic E-state index is 0.727. The second kappa shape index (κ2) is 9.12. The minimum Gasteiger partial charge on any atom is -0.313 e. The summed E-state index contributed by atoms with van der Waals surface area (Å²) in [7, 11) is 0. The van der Waals surface area contributed by atoms with E-state index < -0.39 is 0 Å². The summed E-state index contributed by atoms with van der Waals surface area (Å²) in [6.45, 7) is 14.4. The molecular formula is C18H37N3. The van der Waals surface area contributed by atoms with Gasteiger partial charge in [0.15, 0.2) is 0 Å². The van der Waals surface area contributed by atoms with Gasteiger partial charge in [0.1, 0.15) is 0 Å². The highest BCUT2D eigenvalue weighted by molar-refractivity contribution is 4.84. The van der Waals surface area contributed by atoms with Crippen LogP contribution in [0.3, 0.4) is 0 Å². The van der Waals surface area contributed by atoms with Crippen molar-refractivity contribution in [1.29, 1.82) is 0 Å². The second-order valence-electron chi connectivity index (χ2n) is 7.16. The molecule has 0 spiro atoms. The molecule has 3 heteroatoms. The van der Waals surface area contributed by atoms with Crippen LogP contribution in [0.1, 0.15) is 59.3 Å². The van der Waals surface area contributed by atoms with E-state index in [2.05, 4.69) is 35.9 Å². The number of nitrogens with zero attached hydrogens (tertiary/aromatic N) is 2. The van der Waals surface area contributed by atoms with Crippen LogP contribution in [0.5, 0.6) is 0 Å². The average molecular weight is 296 g/mol. The first-order valence-electron chi connectivity index (χ1n) is 9.44. The maximum absolute atomic E-state index is 3.79. The van der Waals surface area contributed by atoms with Gasteiger partial charge in [0.05, 0.1) is 0 Å².